The Balaban J connectivity index is 1.54. The van der Waals surface area contributed by atoms with E-state index in [-0.39, 0.29) is 6.29 Å². The van der Waals surface area contributed by atoms with E-state index in [0.29, 0.717) is 0 Å². The summed E-state index contributed by atoms with van der Waals surface area (Å²) in [6.07, 6.45) is 6.67. The lowest BCUT2D eigenvalue weighted by Crippen LogP contribution is -2.27. The van der Waals surface area contributed by atoms with Crippen molar-refractivity contribution in [2.24, 2.45) is 23.2 Å². The molecule has 1 aliphatic heterocycles. The van der Waals surface area contributed by atoms with Crippen LogP contribution in [0.15, 0.2) is 0 Å². The van der Waals surface area contributed by atoms with E-state index in [9.17, 15) is 0 Å². The lowest BCUT2D eigenvalue weighted by molar-refractivity contribution is -0.187. The molecule has 0 spiro atoms. The van der Waals surface area contributed by atoms with Crippen LogP contribution < -0.4 is 0 Å². The molecule has 0 N–H and O–H groups in total. The first-order chi connectivity index (χ1) is 7.72. The van der Waals surface area contributed by atoms with Crippen LogP contribution in [0.5, 0.6) is 0 Å². The highest BCUT2D eigenvalue weighted by atomic mass is 16.7. The summed E-state index contributed by atoms with van der Waals surface area (Å²) in [5, 5.41) is 0. The summed E-state index contributed by atoms with van der Waals surface area (Å²) >= 11 is 0. The highest BCUT2D eigenvalue weighted by Gasteiger charge is 2.62. The van der Waals surface area contributed by atoms with E-state index >= 15 is 0 Å². The maximum Gasteiger partial charge on any atom is 0.157 e. The van der Waals surface area contributed by atoms with Crippen LogP contribution in [-0.2, 0) is 9.47 Å². The minimum absolute atomic E-state index is 0.113. The molecule has 2 aliphatic carbocycles. The summed E-state index contributed by atoms with van der Waals surface area (Å²) in [4.78, 5) is 0. The van der Waals surface area contributed by atoms with Crippen LogP contribution in [0.4, 0.5) is 0 Å². The largest absolute Gasteiger partial charge is 0.353 e. The van der Waals surface area contributed by atoms with Gasteiger partial charge in [-0.15, -0.1) is 0 Å². The molecular weight excluding hydrogens is 200 g/mol. The van der Waals surface area contributed by atoms with Gasteiger partial charge in [-0.05, 0) is 48.9 Å². The molecule has 2 heteroatoms. The van der Waals surface area contributed by atoms with Crippen molar-refractivity contribution in [2.45, 2.75) is 52.2 Å². The van der Waals surface area contributed by atoms with Gasteiger partial charge in [0.05, 0.1) is 13.2 Å². The van der Waals surface area contributed by atoms with Gasteiger partial charge in [-0.3, -0.25) is 0 Å². The molecule has 0 aromatic heterocycles. The molecule has 2 nitrogen and oxygen atoms in total. The summed E-state index contributed by atoms with van der Waals surface area (Å²) in [6, 6.07) is 0. The zero-order chi connectivity index (χ0) is 11.2. The van der Waals surface area contributed by atoms with Gasteiger partial charge in [0.1, 0.15) is 0 Å². The summed E-state index contributed by atoms with van der Waals surface area (Å²) < 4.78 is 11.4. The highest BCUT2D eigenvalue weighted by molar-refractivity contribution is 5.11. The van der Waals surface area contributed by atoms with Crippen molar-refractivity contribution >= 4 is 0 Å². The van der Waals surface area contributed by atoms with Crippen molar-refractivity contribution in [3.63, 3.8) is 0 Å². The van der Waals surface area contributed by atoms with E-state index in [2.05, 4.69) is 13.8 Å². The molecule has 16 heavy (non-hydrogen) atoms. The van der Waals surface area contributed by atoms with Gasteiger partial charge in [-0.2, -0.15) is 0 Å². The quantitative estimate of drug-likeness (QED) is 0.733. The molecule has 3 unspecified atom stereocenters. The zero-order valence-corrected chi connectivity index (χ0v) is 10.6. The number of hydrogen-bond donors (Lipinski definition) is 0. The van der Waals surface area contributed by atoms with Gasteiger partial charge in [0.2, 0.25) is 0 Å². The molecular formula is C14H24O2. The lowest BCUT2D eigenvalue weighted by atomic mass is 9.90. The Hall–Kier alpha value is -0.0800. The molecule has 0 radical (unpaired) electrons. The van der Waals surface area contributed by atoms with Gasteiger partial charge in [0.25, 0.3) is 0 Å². The Bertz CT molecular complexity index is 257. The third kappa shape index (κ3) is 1.70. The minimum atomic E-state index is 0.113. The van der Waals surface area contributed by atoms with Crippen molar-refractivity contribution < 1.29 is 9.47 Å². The topological polar surface area (TPSA) is 18.5 Å². The van der Waals surface area contributed by atoms with Gasteiger partial charge in [0, 0.05) is 6.42 Å². The second-order valence-corrected chi connectivity index (χ2v) is 6.26. The average Bonchev–Trinajstić information content (AvgIpc) is 2.94. The van der Waals surface area contributed by atoms with E-state index in [0.717, 1.165) is 49.2 Å². The third-order valence-electron chi connectivity index (χ3n) is 5.27. The summed E-state index contributed by atoms with van der Waals surface area (Å²) in [6.45, 7) is 6.60. The number of fused-ring (bicyclic) bond motifs is 1. The third-order valence-corrected chi connectivity index (χ3v) is 5.27. The Morgan fingerprint density at radius 3 is 2.56 bits per heavy atom. The second-order valence-electron chi connectivity index (χ2n) is 6.26. The molecule has 0 aromatic rings. The molecule has 3 atom stereocenters. The maximum absolute atomic E-state index is 5.68. The van der Waals surface area contributed by atoms with Crippen LogP contribution in [-0.4, -0.2) is 19.5 Å². The normalized spacial score (nSPS) is 43.7. The van der Waals surface area contributed by atoms with Crippen molar-refractivity contribution in [2.75, 3.05) is 13.2 Å². The molecule has 0 amide bonds. The van der Waals surface area contributed by atoms with Gasteiger partial charge in [-0.1, -0.05) is 13.8 Å². The molecule has 92 valence electrons. The fourth-order valence-corrected chi connectivity index (χ4v) is 4.08. The molecule has 1 saturated heterocycles. The summed E-state index contributed by atoms with van der Waals surface area (Å²) in [7, 11) is 0. The van der Waals surface area contributed by atoms with E-state index in [4.69, 9.17) is 9.47 Å². The lowest BCUT2D eigenvalue weighted by Gasteiger charge is -2.26. The fraction of sp³-hybridized carbons (Fsp3) is 1.00. The van der Waals surface area contributed by atoms with Crippen LogP contribution in [0.2, 0.25) is 0 Å². The fourth-order valence-electron chi connectivity index (χ4n) is 4.08. The Kier molecular flexibility index (Phi) is 2.75. The summed E-state index contributed by atoms with van der Waals surface area (Å²) in [5.41, 5.74) is 0.722. The first kappa shape index (κ1) is 11.0. The van der Waals surface area contributed by atoms with E-state index in [1.165, 1.54) is 19.3 Å². The number of hydrogen-bond acceptors (Lipinski definition) is 2. The smallest absolute Gasteiger partial charge is 0.157 e. The van der Waals surface area contributed by atoms with Crippen molar-refractivity contribution in [3.05, 3.63) is 0 Å². The van der Waals surface area contributed by atoms with Crippen molar-refractivity contribution in [3.8, 4) is 0 Å². The second kappa shape index (κ2) is 3.99. The number of rotatable bonds is 3. The van der Waals surface area contributed by atoms with E-state index in [1.807, 2.05) is 0 Å². The van der Waals surface area contributed by atoms with E-state index in [1.54, 1.807) is 0 Å². The van der Waals surface area contributed by atoms with Crippen molar-refractivity contribution in [1.29, 1.82) is 0 Å². The summed E-state index contributed by atoms with van der Waals surface area (Å²) in [5.74, 6) is 2.74. The van der Waals surface area contributed by atoms with Gasteiger partial charge in [0.15, 0.2) is 6.29 Å². The van der Waals surface area contributed by atoms with Gasteiger partial charge < -0.3 is 9.47 Å². The van der Waals surface area contributed by atoms with E-state index < -0.39 is 0 Å². The molecule has 2 saturated carbocycles. The maximum atomic E-state index is 5.68. The van der Waals surface area contributed by atoms with Crippen LogP contribution in [0.1, 0.15) is 46.0 Å². The van der Waals surface area contributed by atoms with Crippen LogP contribution in [0, 0.1) is 23.2 Å². The Morgan fingerprint density at radius 2 is 2.00 bits per heavy atom. The standard InChI is InChI=1S/C14H24O2/c1-10(2)14-5-4-11(12(14)9-14)8-13-15-6-3-7-16-13/h10-13H,3-9H2,1-2H3. The van der Waals surface area contributed by atoms with Crippen LogP contribution in [0.25, 0.3) is 0 Å². The molecule has 3 aliphatic rings. The monoisotopic (exact) mass is 224 g/mol. The first-order valence-corrected chi connectivity index (χ1v) is 6.95. The van der Waals surface area contributed by atoms with Gasteiger partial charge in [-0.25, -0.2) is 0 Å². The number of ether oxygens (including phenoxy) is 2. The molecule has 3 rings (SSSR count). The zero-order valence-electron chi connectivity index (χ0n) is 10.6. The van der Waals surface area contributed by atoms with Crippen LogP contribution in [0.3, 0.4) is 0 Å². The highest BCUT2D eigenvalue weighted by Crippen LogP contribution is 2.70. The average molecular weight is 224 g/mol. The Labute approximate surface area is 98.7 Å². The molecule has 0 aromatic carbocycles. The van der Waals surface area contributed by atoms with Gasteiger partial charge >= 0.3 is 0 Å². The minimum Gasteiger partial charge on any atom is -0.353 e. The SMILES string of the molecule is CC(C)C12CCC(CC3OCCCO3)C1C2. The van der Waals surface area contributed by atoms with Crippen LogP contribution >= 0.6 is 0 Å². The predicted octanol–water partition coefficient (Wildman–Crippen LogP) is 3.21. The van der Waals surface area contributed by atoms with Crippen molar-refractivity contribution in [1.82, 2.24) is 0 Å². The molecule has 1 heterocycles. The Morgan fingerprint density at radius 1 is 1.25 bits per heavy atom. The first-order valence-electron chi connectivity index (χ1n) is 6.95. The molecule has 3 fully saturated rings. The molecule has 0 bridgehead atoms. The predicted molar refractivity (Wildman–Crippen MR) is 63.0 cm³/mol.